The van der Waals surface area contributed by atoms with E-state index in [0.29, 0.717) is 12.4 Å². The molecule has 0 aliphatic rings. The highest BCUT2D eigenvalue weighted by atomic mass is 16.5. The minimum atomic E-state index is -0.318. The van der Waals surface area contributed by atoms with Gasteiger partial charge in [-0.05, 0) is 75.1 Å². The van der Waals surface area contributed by atoms with E-state index in [1.165, 1.54) is 43.2 Å². The third-order valence-electron chi connectivity index (χ3n) is 4.84. The lowest BCUT2D eigenvalue weighted by Gasteiger charge is -2.21. The van der Waals surface area contributed by atoms with Gasteiger partial charge in [0.15, 0.2) is 0 Å². The summed E-state index contributed by atoms with van der Waals surface area (Å²) in [6.07, 6.45) is 7.32. The predicted octanol–water partition coefficient (Wildman–Crippen LogP) is 7.81. The van der Waals surface area contributed by atoms with E-state index in [9.17, 15) is 4.79 Å². The Hall–Kier alpha value is -1.82. The van der Waals surface area contributed by atoms with E-state index in [1.807, 2.05) is 40.7 Å². The first-order chi connectivity index (χ1) is 13.7. The fraction of sp³-hybridized carbons (Fsp3) is 0.692. The molecule has 1 aromatic carbocycles. The van der Waals surface area contributed by atoms with Crippen LogP contribution >= 0.6 is 0 Å². The highest BCUT2D eigenvalue weighted by Gasteiger charge is 2.16. The first-order valence-electron chi connectivity index (χ1n) is 11.4. The van der Waals surface area contributed by atoms with Gasteiger partial charge in [0.1, 0.15) is 5.60 Å². The zero-order valence-electron chi connectivity index (χ0n) is 20.5. The van der Waals surface area contributed by atoms with Crippen molar-refractivity contribution in [1.29, 1.82) is 5.26 Å². The van der Waals surface area contributed by atoms with E-state index in [4.69, 9.17) is 5.26 Å². The number of carbonyl (C=O) groups excluding carboxylic acids is 1. The van der Waals surface area contributed by atoms with Gasteiger partial charge in [0.05, 0.1) is 11.6 Å². The Kier molecular flexibility index (Phi) is 17.3. The number of nitrogens with zero attached hydrogens (tertiary/aromatic N) is 1. The summed E-state index contributed by atoms with van der Waals surface area (Å²) < 4.78 is 4.55. The topological polar surface area (TPSA) is 50.1 Å². The maximum Gasteiger partial charge on any atom is 0.293 e. The number of hydrogen-bond acceptors (Lipinski definition) is 3. The third-order valence-corrected chi connectivity index (χ3v) is 4.84. The quantitative estimate of drug-likeness (QED) is 0.395. The standard InChI is InChI=1S/C19H29N.C5H10O2.C2H6/c1-5-8-18(11-9-15(4)6-2)19-13-16(14-20)10-12-17(19)7-3;1-5(2,3)7-4-6;1-2/h10,12-13,15,18H,5-9,11H2,1-4H3;4H,1-3H3;1-2H3. The molecule has 3 nitrogen and oxygen atoms in total. The Morgan fingerprint density at radius 2 is 1.72 bits per heavy atom. The normalized spacial score (nSPS) is 12.3. The minimum absolute atomic E-state index is 0.318. The lowest BCUT2D eigenvalue weighted by molar-refractivity contribution is -0.138. The average molecular weight is 404 g/mol. The molecule has 1 aromatic rings. The Morgan fingerprint density at radius 1 is 1.10 bits per heavy atom. The van der Waals surface area contributed by atoms with Crippen molar-refractivity contribution in [2.45, 2.75) is 112 Å². The van der Waals surface area contributed by atoms with Crippen molar-refractivity contribution >= 4 is 6.47 Å². The van der Waals surface area contributed by atoms with Gasteiger partial charge < -0.3 is 4.74 Å². The van der Waals surface area contributed by atoms with Crippen molar-refractivity contribution in [1.82, 2.24) is 0 Å². The molecule has 2 unspecified atom stereocenters. The first kappa shape index (κ1) is 29.4. The maximum absolute atomic E-state index is 9.60. The summed E-state index contributed by atoms with van der Waals surface area (Å²) in [6, 6.07) is 8.54. The Labute approximate surface area is 180 Å². The van der Waals surface area contributed by atoms with Gasteiger partial charge in [0.25, 0.3) is 6.47 Å². The number of aryl methyl sites for hydroxylation is 1. The molecular formula is C26H45NO2. The molecule has 2 atom stereocenters. The zero-order chi connectivity index (χ0) is 22.9. The molecule has 0 bridgehead atoms. The van der Waals surface area contributed by atoms with Crippen LogP contribution in [0.25, 0.3) is 0 Å². The number of carbonyl (C=O) groups is 1. The summed E-state index contributed by atoms with van der Waals surface area (Å²) in [5.41, 5.74) is 3.34. The number of benzene rings is 1. The lowest BCUT2D eigenvalue weighted by atomic mass is 9.83. The fourth-order valence-corrected chi connectivity index (χ4v) is 3.00. The first-order valence-corrected chi connectivity index (χ1v) is 11.4. The summed E-state index contributed by atoms with van der Waals surface area (Å²) in [4.78, 5) is 9.60. The van der Waals surface area contributed by atoms with Crippen LogP contribution in [0.3, 0.4) is 0 Å². The molecule has 0 aromatic heterocycles. The molecule has 0 spiro atoms. The van der Waals surface area contributed by atoms with Crippen LogP contribution in [0.5, 0.6) is 0 Å². The maximum atomic E-state index is 9.60. The van der Waals surface area contributed by atoms with Crippen LogP contribution in [-0.4, -0.2) is 12.1 Å². The summed E-state index contributed by atoms with van der Waals surface area (Å²) in [7, 11) is 0. The average Bonchev–Trinajstić information content (AvgIpc) is 2.71. The van der Waals surface area contributed by atoms with Crippen LogP contribution < -0.4 is 0 Å². The fourth-order valence-electron chi connectivity index (χ4n) is 3.00. The SMILES string of the molecule is CC.CC(C)(C)OC=O.CCCC(CCC(C)CC)c1cc(C#N)ccc1CC. The lowest BCUT2D eigenvalue weighted by Crippen LogP contribution is -2.17. The van der Waals surface area contributed by atoms with Gasteiger partial charge in [0, 0.05) is 0 Å². The largest absolute Gasteiger partial charge is 0.462 e. The molecule has 0 saturated carbocycles. The second-order valence-electron chi connectivity index (χ2n) is 8.28. The van der Waals surface area contributed by atoms with Crippen molar-refractivity contribution in [2.75, 3.05) is 0 Å². The Balaban J connectivity index is 0. The highest BCUT2D eigenvalue weighted by molar-refractivity contribution is 5.40. The molecule has 0 saturated heterocycles. The van der Waals surface area contributed by atoms with Gasteiger partial charge in [-0.1, -0.05) is 66.9 Å². The minimum Gasteiger partial charge on any atom is -0.462 e. The van der Waals surface area contributed by atoms with Gasteiger partial charge in [0.2, 0.25) is 0 Å². The summed E-state index contributed by atoms with van der Waals surface area (Å²) in [5.74, 6) is 1.43. The van der Waals surface area contributed by atoms with Crippen molar-refractivity contribution in [3.8, 4) is 6.07 Å². The van der Waals surface area contributed by atoms with Crippen molar-refractivity contribution in [3.05, 3.63) is 34.9 Å². The molecule has 0 N–H and O–H groups in total. The van der Waals surface area contributed by atoms with Gasteiger partial charge in [-0.25, -0.2) is 0 Å². The zero-order valence-corrected chi connectivity index (χ0v) is 20.5. The highest BCUT2D eigenvalue weighted by Crippen LogP contribution is 2.32. The molecular weight excluding hydrogens is 358 g/mol. The van der Waals surface area contributed by atoms with Crippen LogP contribution in [0, 0.1) is 17.2 Å². The predicted molar refractivity (Wildman–Crippen MR) is 125 cm³/mol. The van der Waals surface area contributed by atoms with Crippen LogP contribution in [0.1, 0.15) is 117 Å². The molecule has 1 rings (SSSR count). The van der Waals surface area contributed by atoms with E-state index >= 15 is 0 Å². The molecule has 0 amide bonds. The van der Waals surface area contributed by atoms with Crippen molar-refractivity contribution in [2.24, 2.45) is 5.92 Å². The molecule has 0 heterocycles. The van der Waals surface area contributed by atoms with Crippen LogP contribution in [0.4, 0.5) is 0 Å². The van der Waals surface area contributed by atoms with Crippen LogP contribution in [0.2, 0.25) is 0 Å². The number of rotatable bonds is 9. The second kappa shape index (κ2) is 17.1. The summed E-state index contributed by atoms with van der Waals surface area (Å²) in [6.45, 7) is 19.0. The van der Waals surface area contributed by atoms with Gasteiger partial charge in [-0.2, -0.15) is 5.26 Å². The Bertz CT molecular complexity index is 581. The molecule has 0 aliphatic carbocycles. The van der Waals surface area contributed by atoms with Crippen molar-refractivity contribution in [3.63, 3.8) is 0 Å². The molecule has 29 heavy (non-hydrogen) atoms. The number of ether oxygens (including phenoxy) is 1. The third kappa shape index (κ3) is 13.9. The van der Waals surface area contributed by atoms with Gasteiger partial charge >= 0.3 is 0 Å². The molecule has 0 fully saturated rings. The Morgan fingerprint density at radius 3 is 2.10 bits per heavy atom. The van der Waals surface area contributed by atoms with Gasteiger partial charge in [-0.3, -0.25) is 4.79 Å². The van der Waals surface area contributed by atoms with Crippen molar-refractivity contribution < 1.29 is 9.53 Å². The van der Waals surface area contributed by atoms with E-state index in [1.54, 1.807) is 0 Å². The molecule has 166 valence electrons. The van der Waals surface area contributed by atoms with Crippen LogP contribution in [-0.2, 0) is 16.0 Å². The molecule has 3 heteroatoms. The van der Waals surface area contributed by atoms with E-state index in [-0.39, 0.29) is 5.60 Å². The van der Waals surface area contributed by atoms with E-state index < -0.39 is 0 Å². The molecule has 0 aliphatic heterocycles. The number of nitriles is 1. The van der Waals surface area contributed by atoms with Gasteiger partial charge in [-0.15, -0.1) is 0 Å². The smallest absolute Gasteiger partial charge is 0.293 e. The number of hydrogen-bond donors (Lipinski definition) is 0. The summed E-state index contributed by atoms with van der Waals surface area (Å²) in [5, 5.41) is 9.14. The summed E-state index contributed by atoms with van der Waals surface area (Å²) >= 11 is 0. The molecule has 0 radical (unpaired) electrons. The van der Waals surface area contributed by atoms with Crippen LogP contribution in [0.15, 0.2) is 18.2 Å². The second-order valence-corrected chi connectivity index (χ2v) is 8.28. The van der Waals surface area contributed by atoms with E-state index in [2.05, 4.69) is 50.6 Å². The monoisotopic (exact) mass is 403 g/mol. The van der Waals surface area contributed by atoms with E-state index in [0.717, 1.165) is 17.9 Å².